The lowest BCUT2D eigenvalue weighted by Gasteiger charge is -2.04. The van der Waals surface area contributed by atoms with Crippen molar-refractivity contribution in [1.82, 2.24) is 9.97 Å². The number of hydrogen-bond donors (Lipinski definition) is 2. The molecule has 92 valence electrons. The van der Waals surface area contributed by atoms with Crippen LogP contribution in [0.25, 0.3) is 0 Å². The zero-order valence-electron chi connectivity index (χ0n) is 9.01. The van der Waals surface area contributed by atoms with Crippen molar-refractivity contribution < 1.29 is 4.79 Å². The summed E-state index contributed by atoms with van der Waals surface area (Å²) in [5, 5.41) is 0.793. The number of aromatic nitrogens is 2. The van der Waals surface area contributed by atoms with Gasteiger partial charge in [0.15, 0.2) is 11.4 Å². The van der Waals surface area contributed by atoms with E-state index >= 15 is 0 Å². The number of hydrogen-bond acceptors (Lipinski definition) is 5. The number of carbonyl (C=O) groups excluding carboxylic acids is 1. The molecule has 0 aliphatic heterocycles. The van der Waals surface area contributed by atoms with E-state index in [-0.39, 0.29) is 11.4 Å². The number of aldehydes is 1. The van der Waals surface area contributed by atoms with Crippen LogP contribution in [0.5, 0.6) is 0 Å². The summed E-state index contributed by atoms with van der Waals surface area (Å²) in [6, 6.07) is 6.06. The van der Waals surface area contributed by atoms with E-state index < -0.39 is 0 Å². The quantitative estimate of drug-likeness (QED) is 0.663. The van der Waals surface area contributed by atoms with Crippen LogP contribution in [0.3, 0.4) is 0 Å². The lowest BCUT2D eigenvalue weighted by Crippen LogP contribution is -2.09. The highest BCUT2D eigenvalue weighted by atomic mass is 35.5. The molecule has 2 rings (SSSR count). The minimum atomic E-state index is -0.341. The Morgan fingerprint density at radius 2 is 2.17 bits per heavy atom. The van der Waals surface area contributed by atoms with E-state index in [1.54, 1.807) is 18.2 Å². The maximum absolute atomic E-state index is 11.2. The first-order valence-electron chi connectivity index (χ1n) is 4.88. The van der Waals surface area contributed by atoms with Crippen LogP contribution in [0.2, 0.25) is 5.02 Å². The normalized spacial score (nSPS) is 10.3. The third-order valence-corrected chi connectivity index (χ3v) is 3.26. The maximum Gasteiger partial charge on any atom is 0.253 e. The third-order valence-electron chi connectivity index (χ3n) is 2.05. The van der Waals surface area contributed by atoms with E-state index in [9.17, 15) is 9.59 Å². The van der Waals surface area contributed by atoms with Gasteiger partial charge in [-0.15, -0.1) is 0 Å². The monoisotopic (exact) mass is 281 g/mol. The topological polar surface area (TPSA) is 88.8 Å². The molecule has 1 aromatic heterocycles. The summed E-state index contributed by atoms with van der Waals surface area (Å²) >= 11 is 6.93. The first-order chi connectivity index (χ1) is 8.58. The molecule has 7 heteroatoms. The van der Waals surface area contributed by atoms with Crippen molar-refractivity contribution in [2.75, 3.05) is 5.73 Å². The fraction of sp³-hybridized carbons (Fsp3) is 0. The third kappa shape index (κ3) is 2.91. The summed E-state index contributed by atoms with van der Waals surface area (Å²) in [4.78, 5) is 29.3. The van der Waals surface area contributed by atoms with Crippen LogP contribution < -0.4 is 11.3 Å². The smallest absolute Gasteiger partial charge is 0.253 e. The number of nitrogens with zero attached hydrogens (tertiary/aromatic N) is 1. The average Bonchev–Trinajstić information content (AvgIpc) is 2.30. The molecular formula is C11H8ClN3O2S. The number of nitrogen functional groups attached to an aromatic ring is 1. The molecule has 3 N–H and O–H groups in total. The number of rotatable bonds is 3. The van der Waals surface area contributed by atoms with Crippen LogP contribution in [0, 0.1) is 0 Å². The molecule has 0 amide bonds. The molecule has 0 aliphatic rings. The van der Waals surface area contributed by atoms with Crippen LogP contribution in [0.4, 0.5) is 5.82 Å². The minimum absolute atomic E-state index is 0.128. The molecule has 5 nitrogen and oxygen atoms in total. The van der Waals surface area contributed by atoms with Crippen molar-refractivity contribution in [3.05, 3.63) is 45.2 Å². The lowest BCUT2D eigenvalue weighted by molar-refractivity contribution is 0.112. The standard InChI is InChI=1S/C11H8ClN3O2S/c12-7-1-2-8(6(3-7)5-16)18-11-14-9(13)4-10(17)15-11/h1-5H,(H3,13,14,15,17). The van der Waals surface area contributed by atoms with Crippen molar-refractivity contribution in [3.8, 4) is 0 Å². The molecule has 0 atom stereocenters. The van der Waals surface area contributed by atoms with Gasteiger partial charge >= 0.3 is 0 Å². The zero-order chi connectivity index (χ0) is 13.1. The minimum Gasteiger partial charge on any atom is -0.383 e. The van der Waals surface area contributed by atoms with Crippen LogP contribution in [0.1, 0.15) is 10.4 Å². The van der Waals surface area contributed by atoms with Crippen LogP contribution >= 0.6 is 23.4 Å². The molecular weight excluding hydrogens is 274 g/mol. The zero-order valence-corrected chi connectivity index (χ0v) is 10.6. The highest BCUT2D eigenvalue weighted by Crippen LogP contribution is 2.28. The second kappa shape index (κ2) is 5.24. The number of halogens is 1. The molecule has 0 saturated heterocycles. The molecule has 0 spiro atoms. The van der Waals surface area contributed by atoms with Gasteiger partial charge in [-0.2, -0.15) is 0 Å². The van der Waals surface area contributed by atoms with Crippen LogP contribution in [0.15, 0.2) is 39.1 Å². The predicted octanol–water partition coefficient (Wildman–Crippen LogP) is 1.97. The Balaban J connectivity index is 2.39. The van der Waals surface area contributed by atoms with Crippen molar-refractivity contribution in [3.63, 3.8) is 0 Å². The van der Waals surface area contributed by atoms with Gasteiger partial charge in [0, 0.05) is 21.5 Å². The summed E-state index contributed by atoms with van der Waals surface area (Å²) in [5.74, 6) is 0.128. The van der Waals surface area contributed by atoms with E-state index in [1.807, 2.05) is 0 Å². The number of aromatic amines is 1. The first kappa shape index (κ1) is 12.7. The highest BCUT2D eigenvalue weighted by molar-refractivity contribution is 7.99. The summed E-state index contributed by atoms with van der Waals surface area (Å²) in [6.45, 7) is 0. The van der Waals surface area contributed by atoms with Gasteiger partial charge in [0.2, 0.25) is 0 Å². The van der Waals surface area contributed by atoms with Gasteiger partial charge in [-0.3, -0.25) is 9.59 Å². The highest BCUT2D eigenvalue weighted by Gasteiger charge is 2.07. The van der Waals surface area contributed by atoms with E-state index in [4.69, 9.17) is 17.3 Å². The number of nitrogens with one attached hydrogen (secondary N) is 1. The fourth-order valence-electron chi connectivity index (χ4n) is 1.31. The maximum atomic E-state index is 11.2. The first-order valence-corrected chi connectivity index (χ1v) is 6.07. The number of nitrogens with two attached hydrogens (primary N) is 1. The van der Waals surface area contributed by atoms with Gasteiger partial charge < -0.3 is 10.7 Å². The molecule has 0 radical (unpaired) electrons. The summed E-state index contributed by atoms with van der Waals surface area (Å²) in [7, 11) is 0. The van der Waals surface area contributed by atoms with Gasteiger partial charge in [0.05, 0.1) is 0 Å². The molecule has 18 heavy (non-hydrogen) atoms. The Labute approximate surface area is 111 Å². The molecule has 2 aromatic rings. The van der Waals surface area contributed by atoms with Gasteiger partial charge in [-0.1, -0.05) is 23.4 Å². The summed E-state index contributed by atoms with van der Waals surface area (Å²) < 4.78 is 0. The molecule has 0 unspecified atom stereocenters. The van der Waals surface area contributed by atoms with Crippen LogP contribution in [-0.4, -0.2) is 16.3 Å². The van der Waals surface area contributed by atoms with Gasteiger partial charge in [0.25, 0.3) is 5.56 Å². The van der Waals surface area contributed by atoms with E-state index in [0.29, 0.717) is 26.9 Å². The van der Waals surface area contributed by atoms with Gasteiger partial charge in [0.1, 0.15) is 5.82 Å². The SMILES string of the molecule is Nc1cc(=O)[nH]c(Sc2ccc(Cl)cc2C=O)n1. The molecule has 0 saturated carbocycles. The largest absolute Gasteiger partial charge is 0.383 e. The van der Waals surface area contributed by atoms with Crippen molar-refractivity contribution >= 4 is 35.5 Å². The summed E-state index contributed by atoms with van der Waals surface area (Å²) in [5.41, 5.74) is 5.56. The molecule has 0 fully saturated rings. The molecule has 0 bridgehead atoms. The second-order valence-electron chi connectivity index (χ2n) is 3.38. The van der Waals surface area contributed by atoms with Crippen molar-refractivity contribution in [1.29, 1.82) is 0 Å². The fourth-order valence-corrected chi connectivity index (χ4v) is 2.36. The Morgan fingerprint density at radius 3 is 2.83 bits per heavy atom. The molecule has 1 heterocycles. The lowest BCUT2D eigenvalue weighted by atomic mass is 10.2. The Kier molecular flexibility index (Phi) is 3.69. The average molecular weight is 282 g/mol. The number of carbonyl (C=O) groups is 1. The summed E-state index contributed by atoms with van der Waals surface area (Å²) in [6.07, 6.45) is 0.693. The van der Waals surface area contributed by atoms with E-state index in [0.717, 1.165) is 11.8 Å². The number of H-pyrrole nitrogens is 1. The van der Waals surface area contributed by atoms with Crippen molar-refractivity contribution in [2.24, 2.45) is 0 Å². The van der Waals surface area contributed by atoms with Crippen molar-refractivity contribution in [2.45, 2.75) is 10.1 Å². The Bertz CT molecular complexity index is 657. The Hall–Kier alpha value is -1.79. The predicted molar refractivity (Wildman–Crippen MR) is 70.2 cm³/mol. The van der Waals surface area contributed by atoms with Crippen LogP contribution in [-0.2, 0) is 0 Å². The van der Waals surface area contributed by atoms with Gasteiger partial charge in [-0.25, -0.2) is 4.98 Å². The number of anilines is 1. The Morgan fingerprint density at radius 1 is 1.39 bits per heavy atom. The second-order valence-corrected chi connectivity index (χ2v) is 4.84. The number of benzene rings is 1. The van der Waals surface area contributed by atoms with E-state index in [1.165, 1.54) is 6.07 Å². The van der Waals surface area contributed by atoms with E-state index in [2.05, 4.69) is 9.97 Å². The molecule has 0 aliphatic carbocycles. The molecule has 1 aromatic carbocycles. The van der Waals surface area contributed by atoms with Gasteiger partial charge in [-0.05, 0) is 18.2 Å².